The Balaban J connectivity index is 2.69. The van der Waals surface area contributed by atoms with Gasteiger partial charge in [-0.25, -0.2) is 0 Å². The smallest absolute Gasteiger partial charge is 0.130 e. The van der Waals surface area contributed by atoms with Crippen LogP contribution in [0.1, 0.15) is 24.6 Å². The van der Waals surface area contributed by atoms with E-state index in [4.69, 9.17) is 11.6 Å². The van der Waals surface area contributed by atoms with Gasteiger partial charge in [-0.15, -0.1) is 0 Å². The summed E-state index contributed by atoms with van der Waals surface area (Å²) in [5.74, 6) is 0. The average molecular weight is 242 g/mol. The van der Waals surface area contributed by atoms with Crippen molar-refractivity contribution in [3.8, 4) is 0 Å². The van der Waals surface area contributed by atoms with Crippen molar-refractivity contribution in [1.82, 2.24) is 15.1 Å². The first-order chi connectivity index (χ1) is 7.56. The van der Waals surface area contributed by atoms with Crippen molar-refractivity contribution in [1.29, 1.82) is 0 Å². The zero-order chi connectivity index (χ0) is 12.1. The van der Waals surface area contributed by atoms with Gasteiger partial charge in [-0.3, -0.25) is 4.68 Å². The van der Waals surface area contributed by atoms with Crippen LogP contribution in [-0.4, -0.2) is 23.4 Å². The van der Waals surface area contributed by atoms with E-state index < -0.39 is 0 Å². The maximum absolute atomic E-state index is 6.18. The van der Waals surface area contributed by atoms with Gasteiger partial charge in [0.15, 0.2) is 0 Å². The van der Waals surface area contributed by atoms with E-state index in [1.807, 2.05) is 21.0 Å². The number of halogens is 1. The Morgan fingerprint density at radius 3 is 2.75 bits per heavy atom. The van der Waals surface area contributed by atoms with Crippen molar-refractivity contribution in [2.75, 3.05) is 13.6 Å². The van der Waals surface area contributed by atoms with Crippen LogP contribution in [0, 0.1) is 6.92 Å². The van der Waals surface area contributed by atoms with Crippen LogP contribution < -0.4 is 5.32 Å². The summed E-state index contributed by atoms with van der Waals surface area (Å²) in [4.78, 5) is 0. The number of nitrogens with zero attached hydrogens (tertiary/aromatic N) is 2. The molecule has 0 aromatic carbocycles. The van der Waals surface area contributed by atoms with Gasteiger partial charge < -0.3 is 5.32 Å². The Morgan fingerprint density at radius 1 is 1.56 bits per heavy atom. The molecular weight excluding hydrogens is 222 g/mol. The van der Waals surface area contributed by atoms with Crippen molar-refractivity contribution < 1.29 is 0 Å². The zero-order valence-electron chi connectivity index (χ0n) is 10.5. The quantitative estimate of drug-likeness (QED) is 0.634. The molecule has 1 aromatic heterocycles. The molecule has 0 aliphatic carbocycles. The van der Waals surface area contributed by atoms with Crippen LogP contribution in [0.3, 0.4) is 0 Å². The second-order valence-electron chi connectivity index (χ2n) is 4.10. The molecular formula is C12H20ClN3. The molecule has 0 atom stereocenters. The van der Waals surface area contributed by atoms with Gasteiger partial charge in [-0.1, -0.05) is 23.3 Å². The lowest BCUT2D eigenvalue weighted by Gasteiger charge is -2.02. The lowest BCUT2D eigenvalue weighted by molar-refractivity contribution is 0.757. The van der Waals surface area contributed by atoms with Crippen LogP contribution in [0.2, 0.25) is 5.15 Å². The van der Waals surface area contributed by atoms with Crippen LogP contribution in [-0.2, 0) is 13.5 Å². The van der Waals surface area contributed by atoms with E-state index in [2.05, 4.69) is 23.4 Å². The van der Waals surface area contributed by atoms with Gasteiger partial charge >= 0.3 is 0 Å². The Labute approximate surface area is 102 Å². The monoisotopic (exact) mass is 241 g/mol. The average Bonchev–Trinajstić information content (AvgIpc) is 2.46. The van der Waals surface area contributed by atoms with Crippen molar-refractivity contribution in [2.24, 2.45) is 7.05 Å². The van der Waals surface area contributed by atoms with Gasteiger partial charge in [-0.2, -0.15) is 5.10 Å². The molecule has 0 unspecified atom stereocenters. The molecule has 1 aromatic rings. The molecule has 1 N–H and O–H groups in total. The minimum Gasteiger partial charge on any atom is -0.319 e. The number of aryl methyl sites for hydroxylation is 2. The van der Waals surface area contributed by atoms with E-state index in [0.717, 1.165) is 35.8 Å². The van der Waals surface area contributed by atoms with Crippen LogP contribution in [0.15, 0.2) is 11.6 Å². The number of allylic oxidation sites excluding steroid dienone is 1. The van der Waals surface area contributed by atoms with E-state index in [-0.39, 0.29) is 0 Å². The molecule has 3 nitrogen and oxygen atoms in total. The van der Waals surface area contributed by atoms with Crippen molar-refractivity contribution >= 4 is 11.6 Å². The molecule has 4 heteroatoms. The van der Waals surface area contributed by atoms with E-state index in [0.29, 0.717) is 0 Å². The second kappa shape index (κ2) is 6.06. The normalized spacial score (nSPS) is 12.2. The Morgan fingerprint density at radius 2 is 2.25 bits per heavy atom. The van der Waals surface area contributed by atoms with Gasteiger partial charge in [0.25, 0.3) is 0 Å². The highest BCUT2D eigenvalue weighted by Crippen LogP contribution is 2.21. The summed E-state index contributed by atoms with van der Waals surface area (Å²) in [6, 6.07) is 0. The Hall–Kier alpha value is -0.800. The molecule has 0 aliphatic rings. The largest absolute Gasteiger partial charge is 0.319 e. The number of rotatable bonds is 5. The zero-order valence-corrected chi connectivity index (χ0v) is 11.2. The highest BCUT2D eigenvalue weighted by Gasteiger charge is 2.10. The fourth-order valence-corrected chi connectivity index (χ4v) is 1.93. The summed E-state index contributed by atoms with van der Waals surface area (Å²) in [5, 5.41) is 8.18. The number of hydrogen-bond donors (Lipinski definition) is 1. The van der Waals surface area contributed by atoms with E-state index in [9.17, 15) is 0 Å². The molecule has 0 saturated carbocycles. The first-order valence-electron chi connectivity index (χ1n) is 5.54. The molecule has 0 saturated heterocycles. The third kappa shape index (κ3) is 3.35. The fourth-order valence-electron chi connectivity index (χ4n) is 1.69. The molecule has 0 spiro atoms. The first-order valence-corrected chi connectivity index (χ1v) is 5.92. The summed E-state index contributed by atoms with van der Waals surface area (Å²) in [7, 11) is 3.84. The molecule has 1 heterocycles. The molecule has 0 fully saturated rings. The highest BCUT2D eigenvalue weighted by atomic mass is 35.5. The molecule has 16 heavy (non-hydrogen) atoms. The highest BCUT2D eigenvalue weighted by molar-refractivity contribution is 6.30. The van der Waals surface area contributed by atoms with Crippen LogP contribution in [0.4, 0.5) is 0 Å². The molecule has 90 valence electrons. The van der Waals surface area contributed by atoms with Gasteiger partial charge in [0, 0.05) is 12.6 Å². The summed E-state index contributed by atoms with van der Waals surface area (Å²) in [5.41, 5.74) is 3.50. The van der Waals surface area contributed by atoms with E-state index in [1.165, 1.54) is 5.57 Å². The molecule has 0 radical (unpaired) electrons. The van der Waals surface area contributed by atoms with Crippen LogP contribution >= 0.6 is 11.6 Å². The van der Waals surface area contributed by atoms with E-state index >= 15 is 0 Å². The van der Waals surface area contributed by atoms with Gasteiger partial charge in [-0.05, 0) is 40.3 Å². The predicted octanol–water partition coefficient (Wildman–Crippen LogP) is 2.48. The van der Waals surface area contributed by atoms with Gasteiger partial charge in [0.2, 0.25) is 0 Å². The molecule has 0 bridgehead atoms. The number of nitrogens with one attached hydrogen (secondary N) is 1. The van der Waals surface area contributed by atoms with Gasteiger partial charge in [0.1, 0.15) is 5.15 Å². The topological polar surface area (TPSA) is 29.9 Å². The van der Waals surface area contributed by atoms with Crippen molar-refractivity contribution in [3.05, 3.63) is 28.1 Å². The predicted molar refractivity (Wildman–Crippen MR) is 69.0 cm³/mol. The third-order valence-electron chi connectivity index (χ3n) is 2.61. The van der Waals surface area contributed by atoms with Crippen molar-refractivity contribution in [3.63, 3.8) is 0 Å². The Bertz CT molecular complexity index is 380. The number of aromatic nitrogens is 2. The molecule has 0 aliphatic heterocycles. The maximum Gasteiger partial charge on any atom is 0.130 e. The molecule has 0 amide bonds. The summed E-state index contributed by atoms with van der Waals surface area (Å²) >= 11 is 6.18. The first kappa shape index (κ1) is 13.3. The lowest BCUT2D eigenvalue weighted by atomic mass is 10.1. The second-order valence-corrected chi connectivity index (χ2v) is 4.46. The summed E-state index contributed by atoms with van der Waals surface area (Å²) in [6.45, 7) is 5.15. The minimum atomic E-state index is 0.749. The van der Waals surface area contributed by atoms with E-state index in [1.54, 1.807) is 4.68 Å². The summed E-state index contributed by atoms with van der Waals surface area (Å²) in [6.07, 6.45) is 4.20. The lowest BCUT2D eigenvalue weighted by Crippen LogP contribution is -2.06. The maximum atomic E-state index is 6.18. The minimum absolute atomic E-state index is 0.749. The standard InChI is InChI=1S/C12H20ClN3/c1-9(6-5-7-14-3)8-11-10(2)15-16(4)12(11)13/h6,14H,5,7-8H2,1-4H3/b9-6-. The SMILES string of the molecule is CNCC/C=C(/C)Cc1c(C)nn(C)c1Cl. The van der Waals surface area contributed by atoms with Crippen LogP contribution in [0.25, 0.3) is 0 Å². The van der Waals surface area contributed by atoms with Crippen LogP contribution in [0.5, 0.6) is 0 Å². The third-order valence-corrected chi connectivity index (χ3v) is 3.09. The Kier molecular flexibility index (Phi) is 5.03. The van der Waals surface area contributed by atoms with Crippen molar-refractivity contribution in [2.45, 2.75) is 26.7 Å². The van der Waals surface area contributed by atoms with Gasteiger partial charge in [0.05, 0.1) is 5.69 Å². The number of hydrogen-bond acceptors (Lipinski definition) is 2. The summed E-state index contributed by atoms with van der Waals surface area (Å²) < 4.78 is 1.73. The molecule has 1 rings (SSSR count). The fraction of sp³-hybridized carbons (Fsp3) is 0.583.